The van der Waals surface area contributed by atoms with Gasteiger partial charge in [-0.05, 0) is 31.0 Å². The first-order valence-electron chi connectivity index (χ1n) is 6.25. The third-order valence-electron chi connectivity index (χ3n) is 4.08. The number of benzene rings is 1. The second-order valence-electron chi connectivity index (χ2n) is 5.34. The molecule has 0 aromatic heterocycles. The van der Waals surface area contributed by atoms with Crippen LogP contribution in [0.15, 0.2) is 24.3 Å². The summed E-state index contributed by atoms with van der Waals surface area (Å²) in [5.74, 6) is 0.165. The molecular weight excluding hydrogens is 278 g/mol. The van der Waals surface area contributed by atoms with Crippen molar-refractivity contribution >= 4 is 9.84 Å². The normalized spacial score (nSPS) is 27.5. The molecule has 0 spiro atoms. The third-order valence-corrected chi connectivity index (χ3v) is 5.84. The maximum Gasteiger partial charge on any atom is 0.152 e. The summed E-state index contributed by atoms with van der Waals surface area (Å²) in [5, 5.41) is 20.3. The van der Waals surface area contributed by atoms with Crippen molar-refractivity contribution in [3.63, 3.8) is 0 Å². The smallest absolute Gasteiger partial charge is 0.152 e. The standard InChI is InChI=1S/C14H17NO4S/c1-13(16,11-4-3-5-12(8-11)19-2)14(9-15)6-7-20(17,18)10-14/h3-5,8,16H,6-7,10H2,1-2H3. The Morgan fingerprint density at radius 3 is 2.70 bits per heavy atom. The molecule has 1 heterocycles. The van der Waals surface area contributed by atoms with Gasteiger partial charge in [0.15, 0.2) is 9.84 Å². The van der Waals surface area contributed by atoms with E-state index in [1.165, 1.54) is 14.0 Å². The molecule has 108 valence electrons. The molecule has 1 saturated heterocycles. The zero-order valence-electron chi connectivity index (χ0n) is 11.5. The van der Waals surface area contributed by atoms with Gasteiger partial charge in [0.05, 0.1) is 24.7 Å². The van der Waals surface area contributed by atoms with Gasteiger partial charge in [-0.2, -0.15) is 5.26 Å². The lowest BCUT2D eigenvalue weighted by Crippen LogP contribution is -2.43. The van der Waals surface area contributed by atoms with Crippen LogP contribution in [-0.2, 0) is 15.4 Å². The quantitative estimate of drug-likeness (QED) is 0.906. The number of sulfone groups is 1. The molecule has 5 nitrogen and oxygen atoms in total. The molecule has 2 atom stereocenters. The van der Waals surface area contributed by atoms with Crippen LogP contribution >= 0.6 is 0 Å². The average Bonchev–Trinajstić information content (AvgIpc) is 2.76. The summed E-state index contributed by atoms with van der Waals surface area (Å²) in [6, 6.07) is 8.77. The van der Waals surface area contributed by atoms with E-state index in [9.17, 15) is 18.8 Å². The van der Waals surface area contributed by atoms with Crippen LogP contribution in [0.5, 0.6) is 5.75 Å². The van der Waals surface area contributed by atoms with Crippen LogP contribution < -0.4 is 4.74 Å². The van der Waals surface area contributed by atoms with Crippen LogP contribution in [0.2, 0.25) is 0 Å². The second-order valence-corrected chi connectivity index (χ2v) is 7.52. The summed E-state index contributed by atoms with van der Waals surface area (Å²) < 4.78 is 28.5. The molecule has 1 fully saturated rings. The third kappa shape index (κ3) is 2.28. The molecule has 0 amide bonds. The molecule has 2 unspecified atom stereocenters. The monoisotopic (exact) mass is 295 g/mol. The number of nitrogens with zero attached hydrogens (tertiary/aromatic N) is 1. The Morgan fingerprint density at radius 2 is 2.20 bits per heavy atom. The Bertz CT molecular complexity index is 660. The number of nitriles is 1. The largest absolute Gasteiger partial charge is 0.497 e. The van der Waals surface area contributed by atoms with Crippen molar-refractivity contribution in [2.75, 3.05) is 18.6 Å². The van der Waals surface area contributed by atoms with Crippen molar-refractivity contribution < 1.29 is 18.3 Å². The van der Waals surface area contributed by atoms with E-state index in [0.29, 0.717) is 11.3 Å². The van der Waals surface area contributed by atoms with E-state index >= 15 is 0 Å². The minimum Gasteiger partial charge on any atom is -0.497 e. The highest BCUT2D eigenvalue weighted by Crippen LogP contribution is 2.47. The molecule has 0 bridgehead atoms. The van der Waals surface area contributed by atoms with E-state index in [1.807, 2.05) is 6.07 Å². The number of hydrogen-bond donors (Lipinski definition) is 1. The van der Waals surface area contributed by atoms with Crippen LogP contribution in [-0.4, -0.2) is 32.1 Å². The molecule has 0 aliphatic carbocycles. The summed E-state index contributed by atoms with van der Waals surface area (Å²) in [6.45, 7) is 1.49. The van der Waals surface area contributed by atoms with Gasteiger partial charge in [-0.15, -0.1) is 0 Å². The van der Waals surface area contributed by atoms with Gasteiger partial charge in [-0.3, -0.25) is 0 Å². The fourth-order valence-corrected chi connectivity index (χ4v) is 4.68. The maximum absolute atomic E-state index is 11.7. The molecule has 0 radical (unpaired) electrons. The zero-order chi connectivity index (χ0) is 15.0. The highest BCUT2D eigenvalue weighted by molar-refractivity contribution is 7.91. The molecule has 1 N–H and O–H groups in total. The van der Waals surface area contributed by atoms with Gasteiger partial charge in [0.25, 0.3) is 0 Å². The summed E-state index contributed by atoms with van der Waals surface area (Å²) in [5.41, 5.74) is -2.39. The minimum atomic E-state index is -3.29. The van der Waals surface area contributed by atoms with E-state index < -0.39 is 20.9 Å². The summed E-state index contributed by atoms with van der Waals surface area (Å²) in [4.78, 5) is 0. The zero-order valence-corrected chi connectivity index (χ0v) is 12.3. The van der Waals surface area contributed by atoms with Crippen molar-refractivity contribution in [2.45, 2.75) is 18.9 Å². The van der Waals surface area contributed by atoms with Gasteiger partial charge in [0.1, 0.15) is 16.8 Å². The number of rotatable bonds is 3. The Hall–Kier alpha value is -1.58. The molecule has 2 rings (SSSR count). The fourth-order valence-electron chi connectivity index (χ4n) is 2.63. The van der Waals surface area contributed by atoms with E-state index in [0.717, 1.165) is 0 Å². The predicted molar refractivity (Wildman–Crippen MR) is 73.9 cm³/mol. The Labute approximate surface area is 118 Å². The minimum absolute atomic E-state index is 0.0688. The van der Waals surface area contributed by atoms with Gasteiger partial charge in [0, 0.05) is 0 Å². The van der Waals surface area contributed by atoms with Gasteiger partial charge in [0.2, 0.25) is 0 Å². The molecular formula is C14H17NO4S. The lowest BCUT2D eigenvalue weighted by molar-refractivity contribution is -0.0324. The fraction of sp³-hybridized carbons (Fsp3) is 0.500. The van der Waals surface area contributed by atoms with Gasteiger partial charge >= 0.3 is 0 Å². The lowest BCUT2D eigenvalue weighted by atomic mass is 9.70. The molecule has 0 saturated carbocycles. The number of hydrogen-bond acceptors (Lipinski definition) is 5. The summed E-state index contributed by atoms with van der Waals surface area (Å²) >= 11 is 0. The molecule has 1 aromatic carbocycles. The summed E-state index contributed by atoms with van der Waals surface area (Å²) in [6.07, 6.45) is 0.135. The molecule has 6 heteroatoms. The highest BCUT2D eigenvalue weighted by atomic mass is 32.2. The van der Waals surface area contributed by atoms with E-state index in [4.69, 9.17) is 4.74 Å². The van der Waals surface area contributed by atoms with Crippen LogP contribution in [0.25, 0.3) is 0 Å². The van der Waals surface area contributed by atoms with Crippen LogP contribution in [0, 0.1) is 16.7 Å². The van der Waals surface area contributed by atoms with Crippen LogP contribution in [0.3, 0.4) is 0 Å². The topological polar surface area (TPSA) is 87.4 Å². The van der Waals surface area contributed by atoms with Gasteiger partial charge in [-0.25, -0.2) is 8.42 Å². The van der Waals surface area contributed by atoms with Crippen molar-refractivity contribution in [1.29, 1.82) is 5.26 Å². The van der Waals surface area contributed by atoms with Crippen molar-refractivity contribution in [2.24, 2.45) is 5.41 Å². The van der Waals surface area contributed by atoms with Crippen LogP contribution in [0.1, 0.15) is 18.9 Å². The van der Waals surface area contributed by atoms with Crippen molar-refractivity contribution in [3.8, 4) is 11.8 Å². The first-order chi connectivity index (χ1) is 9.26. The summed E-state index contributed by atoms with van der Waals surface area (Å²) in [7, 11) is -1.78. The van der Waals surface area contributed by atoms with Crippen molar-refractivity contribution in [1.82, 2.24) is 0 Å². The van der Waals surface area contributed by atoms with Gasteiger partial charge < -0.3 is 9.84 Å². The van der Waals surface area contributed by atoms with E-state index in [2.05, 4.69) is 0 Å². The maximum atomic E-state index is 11.7. The van der Waals surface area contributed by atoms with E-state index in [1.54, 1.807) is 24.3 Å². The number of methoxy groups -OCH3 is 1. The SMILES string of the molecule is COc1cccc(C(C)(O)C2(C#N)CCS(=O)(=O)C2)c1. The highest BCUT2D eigenvalue weighted by Gasteiger charge is 2.55. The molecule has 20 heavy (non-hydrogen) atoms. The average molecular weight is 295 g/mol. The van der Waals surface area contributed by atoms with Crippen molar-refractivity contribution in [3.05, 3.63) is 29.8 Å². The van der Waals surface area contributed by atoms with Gasteiger partial charge in [-0.1, -0.05) is 12.1 Å². The number of aliphatic hydroxyl groups is 1. The first-order valence-corrected chi connectivity index (χ1v) is 8.07. The van der Waals surface area contributed by atoms with E-state index in [-0.39, 0.29) is 17.9 Å². The Kier molecular flexibility index (Phi) is 3.53. The molecule has 1 aliphatic heterocycles. The lowest BCUT2D eigenvalue weighted by Gasteiger charge is -2.36. The number of ether oxygens (including phenoxy) is 1. The Morgan fingerprint density at radius 1 is 1.50 bits per heavy atom. The second kappa shape index (κ2) is 4.76. The van der Waals surface area contributed by atoms with Crippen LogP contribution in [0.4, 0.5) is 0 Å². The molecule has 1 aromatic rings. The Balaban J connectivity index is 2.50. The first kappa shape index (κ1) is 14.8. The predicted octanol–water partition coefficient (Wildman–Crippen LogP) is 1.23. The molecule has 1 aliphatic rings.